The fourth-order valence-corrected chi connectivity index (χ4v) is 2.50. The number of hydrogen-bond donors (Lipinski definition) is 0. The third-order valence-electron chi connectivity index (χ3n) is 3.55. The Balaban J connectivity index is 2.45. The molecule has 0 unspecified atom stereocenters. The molecule has 19 heavy (non-hydrogen) atoms. The molecular formula is C16H26O3. The molecule has 0 aromatic rings. The Kier molecular flexibility index (Phi) is 7.49. The quantitative estimate of drug-likeness (QED) is 0.383. The number of ether oxygens (including phenoxy) is 2. The molecule has 0 N–H and O–H groups in total. The molecule has 0 aromatic carbocycles. The minimum atomic E-state index is -0.240. The summed E-state index contributed by atoms with van der Waals surface area (Å²) in [4.78, 5) is 10.7. The Labute approximate surface area is 116 Å². The van der Waals surface area contributed by atoms with Crippen molar-refractivity contribution in [1.29, 1.82) is 0 Å². The molecule has 3 heteroatoms. The summed E-state index contributed by atoms with van der Waals surface area (Å²) in [5, 5.41) is 0. The Hall–Kier alpha value is -1.09. The van der Waals surface area contributed by atoms with Gasteiger partial charge >= 0.3 is 5.97 Å². The molecule has 0 radical (unpaired) electrons. The van der Waals surface area contributed by atoms with E-state index >= 15 is 0 Å². The van der Waals surface area contributed by atoms with Crippen LogP contribution >= 0.6 is 0 Å². The molecule has 0 bridgehead atoms. The first kappa shape index (κ1) is 16.0. The summed E-state index contributed by atoms with van der Waals surface area (Å²) >= 11 is 0. The highest BCUT2D eigenvalue weighted by molar-refractivity contribution is 5.65. The minimum absolute atomic E-state index is 0.234. The average molecular weight is 266 g/mol. The standard InChI is InChI=1S/C16H26O3/c1-4-6-11-19-16-14(5-2)9-10-15(16)8-7-12-18-13(3)17/h5,7-8,14-16H,2,4,6,9-12H2,1,3H3/b8-7+/t14-,15+,16-/m1/s1. The van der Waals surface area contributed by atoms with E-state index in [9.17, 15) is 4.79 Å². The number of unbranched alkanes of at least 4 members (excludes halogenated alkanes) is 1. The van der Waals surface area contributed by atoms with Crippen LogP contribution in [-0.4, -0.2) is 25.3 Å². The number of carbonyl (C=O) groups is 1. The summed E-state index contributed by atoms with van der Waals surface area (Å²) in [5.41, 5.74) is 0. The molecule has 1 rings (SSSR count). The lowest BCUT2D eigenvalue weighted by atomic mass is 10.00. The van der Waals surface area contributed by atoms with Crippen LogP contribution in [0.3, 0.4) is 0 Å². The van der Waals surface area contributed by atoms with Gasteiger partial charge in [-0.05, 0) is 19.3 Å². The largest absolute Gasteiger partial charge is 0.462 e. The fraction of sp³-hybridized carbons (Fsp3) is 0.688. The zero-order valence-electron chi connectivity index (χ0n) is 12.1. The molecule has 1 aliphatic carbocycles. The van der Waals surface area contributed by atoms with Crippen LogP contribution in [0.25, 0.3) is 0 Å². The van der Waals surface area contributed by atoms with Crippen LogP contribution in [0.15, 0.2) is 24.8 Å². The molecule has 3 atom stereocenters. The molecule has 108 valence electrons. The van der Waals surface area contributed by atoms with E-state index in [4.69, 9.17) is 9.47 Å². The molecular weight excluding hydrogens is 240 g/mol. The zero-order chi connectivity index (χ0) is 14.1. The first-order valence-electron chi connectivity index (χ1n) is 7.23. The second-order valence-electron chi connectivity index (χ2n) is 5.06. The third-order valence-corrected chi connectivity index (χ3v) is 3.55. The van der Waals surface area contributed by atoms with E-state index in [1.807, 2.05) is 12.2 Å². The van der Waals surface area contributed by atoms with E-state index in [0.29, 0.717) is 18.4 Å². The topological polar surface area (TPSA) is 35.5 Å². The van der Waals surface area contributed by atoms with Crippen molar-refractivity contribution in [1.82, 2.24) is 0 Å². The molecule has 1 saturated carbocycles. The van der Waals surface area contributed by atoms with Gasteiger partial charge in [-0.2, -0.15) is 0 Å². The first-order valence-corrected chi connectivity index (χ1v) is 7.23. The average Bonchev–Trinajstić information content (AvgIpc) is 2.77. The predicted octanol–water partition coefficient (Wildman–Crippen LogP) is 3.50. The van der Waals surface area contributed by atoms with Crippen LogP contribution in [0.1, 0.15) is 39.5 Å². The zero-order valence-corrected chi connectivity index (χ0v) is 12.1. The second-order valence-corrected chi connectivity index (χ2v) is 5.06. The van der Waals surface area contributed by atoms with Gasteiger partial charge in [0.25, 0.3) is 0 Å². The Morgan fingerprint density at radius 3 is 2.74 bits per heavy atom. The van der Waals surface area contributed by atoms with Gasteiger partial charge < -0.3 is 9.47 Å². The van der Waals surface area contributed by atoms with Gasteiger partial charge in [0.1, 0.15) is 6.61 Å². The molecule has 1 aliphatic rings. The van der Waals surface area contributed by atoms with E-state index in [1.54, 1.807) is 0 Å². The van der Waals surface area contributed by atoms with Crippen molar-refractivity contribution in [2.24, 2.45) is 11.8 Å². The molecule has 0 spiro atoms. The summed E-state index contributed by atoms with van der Waals surface area (Å²) in [6.45, 7) is 8.67. The molecule has 0 heterocycles. The van der Waals surface area contributed by atoms with Crippen molar-refractivity contribution >= 4 is 5.97 Å². The van der Waals surface area contributed by atoms with Gasteiger partial charge in [0.2, 0.25) is 0 Å². The first-order chi connectivity index (χ1) is 9.19. The van der Waals surface area contributed by atoms with E-state index < -0.39 is 0 Å². The van der Waals surface area contributed by atoms with Crippen molar-refractivity contribution in [3.8, 4) is 0 Å². The highest BCUT2D eigenvalue weighted by atomic mass is 16.5. The van der Waals surface area contributed by atoms with Gasteiger partial charge in [0, 0.05) is 25.4 Å². The van der Waals surface area contributed by atoms with Gasteiger partial charge in [0.15, 0.2) is 0 Å². The molecule has 0 amide bonds. The van der Waals surface area contributed by atoms with Crippen molar-refractivity contribution < 1.29 is 14.3 Å². The lowest BCUT2D eigenvalue weighted by molar-refractivity contribution is -0.139. The Morgan fingerprint density at radius 1 is 1.37 bits per heavy atom. The van der Waals surface area contributed by atoms with Gasteiger partial charge in [-0.3, -0.25) is 4.79 Å². The lowest BCUT2D eigenvalue weighted by Gasteiger charge is -2.21. The van der Waals surface area contributed by atoms with E-state index in [0.717, 1.165) is 32.3 Å². The Bertz CT molecular complexity index is 309. The second kappa shape index (κ2) is 8.92. The van der Waals surface area contributed by atoms with Crippen molar-refractivity contribution in [2.45, 2.75) is 45.6 Å². The van der Waals surface area contributed by atoms with Gasteiger partial charge in [-0.15, -0.1) is 6.58 Å². The fourth-order valence-electron chi connectivity index (χ4n) is 2.50. The van der Waals surface area contributed by atoms with Crippen LogP contribution in [0.4, 0.5) is 0 Å². The van der Waals surface area contributed by atoms with Crippen LogP contribution < -0.4 is 0 Å². The predicted molar refractivity (Wildman–Crippen MR) is 76.8 cm³/mol. The SMILES string of the molecule is C=C[C@@H]1CC[C@H](/C=C/COC(C)=O)[C@@H]1OCCCC. The van der Waals surface area contributed by atoms with E-state index in [-0.39, 0.29) is 12.1 Å². The number of carbonyl (C=O) groups excluding carboxylic acids is 1. The summed E-state index contributed by atoms with van der Waals surface area (Å²) in [6, 6.07) is 0. The molecule has 0 aromatic heterocycles. The maximum absolute atomic E-state index is 10.7. The van der Waals surface area contributed by atoms with Crippen LogP contribution in [-0.2, 0) is 14.3 Å². The Morgan fingerprint density at radius 2 is 2.11 bits per heavy atom. The number of hydrogen-bond acceptors (Lipinski definition) is 3. The molecule has 0 aliphatic heterocycles. The van der Waals surface area contributed by atoms with E-state index in [1.165, 1.54) is 6.92 Å². The normalized spacial score (nSPS) is 26.7. The molecule has 3 nitrogen and oxygen atoms in total. The minimum Gasteiger partial charge on any atom is -0.462 e. The van der Waals surface area contributed by atoms with Gasteiger partial charge in [-0.1, -0.05) is 31.6 Å². The van der Waals surface area contributed by atoms with Crippen LogP contribution in [0.2, 0.25) is 0 Å². The van der Waals surface area contributed by atoms with Crippen LogP contribution in [0, 0.1) is 11.8 Å². The monoisotopic (exact) mass is 266 g/mol. The molecule has 1 fully saturated rings. The maximum Gasteiger partial charge on any atom is 0.302 e. The molecule has 0 saturated heterocycles. The van der Waals surface area contributed by atoms with Gasteiger partial charge in [0.05, 0.1) is 6.10 Å². The highest BCUT2D eigenvalue weighted by Crippen LogP contribution is 2.35. The van der Waals surface area contributed by atoms with Crippen molar-refractivity contribution in [2.75, 3.05) is 13.2 Å². The summed E-state index contributed by atoms with van der Waals surface area (Å²) in [5.74, 6) is 0.617. The number of rotatable bonds is 8. The smallest absolute Gasteiger partial charge is 0.302 e. The summed E-state index contributed by atoms with van der Waals surface area (Å²) < 4.78 is 10.9. The summed E-state index contributed by atoms with van der Waals surface area (Å²) in [6.07, 6.45) is 10.8. The van der Waals surface area contributed by atoms with E-state index in [2.05, 4.69) is 19.6 Å². The van der Waals surface area contributed by atoms with Crippen molar-refractivity contribution in [3.63, 3.8) is 0 Å². The highest BCUT2D eigenvalue weighted by Gasteiger charge is 2.33. The number of esters is 1. The summed E-state index contributed by atoms with van der Waals surface area (Å²) in [7, 11) is 0. The lowest BCUT2D eigenvalue weighted by Crippen LogP contribution is -2.23. The maximum atomic E-state index is 10.7. The van der Waals surface area contributed by atoms with Crippen molar-refractivity contribution in [3.05, 3.63) is 24.8 Å². The third kappa shape index (κ3) is 5.60. The van der Waals surface area contributed by atoms with Crippen LogP contribution in [0.5, 0.6) is 0 Å². The van der Waals surface area contributed by atoms with Gasteiger partial charge in [-0.25, -0.2) is 0 Å².